The van der Waals surface area contributed by atoms with Crippen molar-refractivity contribution in [2.45, 2.75) is 26.2 Å². The highest BCUT2D eigenvalue weighted by molar-refractivity contribution is 5.81. The largest absolute Gasteiger partial charge is 0.193 e. The van der Waals surface area contributed by atoms with E-state index in [4.69, 9.17) is 10.5 Å². The minimum absolute atomic E-state index is 0.511. The molecule has 0 atom stereocenters. The van der Waals surface area contributed by atoms with E-state index in [9.17, 15) is 0 Å². The van der Waals surface area contributed by atoms with Crippen LogP contribution in [0.4, 0.5) is 0 Å². The van der Waals surface area contributed by atoms with Crippen molar-refractivity contribution in [2.75, 3.05) is 0 Å². The molecule has 0 spiro atoms. The summed E-state index contributed by atoms with van der Waals surface area (Å²) in [5.74, 6) is 0. The summed E-state index contributed by atoms with van der Waals surface area (Å²) in [6.07, 6.45) is 2.66. The molecule has 0 saturated carbocycles. The molecule has 0 fully saturated rings. The molecule has 0 N–H and O–H groups in total. The molecule has 16 heavy (non-hydrogen) atoms. The summed E-state index contributed by atoms with van der Waals surface area (Å²) in [7, 11) is 0. The first-order valence-electron chi connectivity index (χ1n) is 5.42. The Hall–Kier alpha value is -2.06. The summed E-state index contributed by atoms with van der Waals surface area (Å²) >= 11 is 0. The quantitative estimate of drug-likeness (QED) is 0.712. The highest BCUT2D eigenvalue weighted by Gasteiger charge is 2.07. The standard InChI is InChI=1S/C14H14N2/c1-2-3-7-13(10-15)14(11-16)12-8-5-4-6-9-12/h4-6,8-9H,2-3,7H2,1H3/b14-13+. The maximum absolute atomic E-state index is 9.12. The summed E-state index contributed by atoms with van der Waals surface area (Å²) < 4.78 is 0. The third-order valence-corrected chi connectivity index (χ3v) is 2.39. The van der Waals surface area contributed by atoms with E-state index >= 15 is 0 Å². The van der Waals surface area contributed by atoms with Gasteiger partial charge in [-0.2, -0.15) is 10.5 Å². The van der Waals surface area contributed by atoms with E-state index in [-0.39, 0.29) is 0 Å². The van der Waals surface area contributed by atoms with E-state index in [0.29, 0.717) is 17.6 Å². The van der Waals surface area contributed by atoms with E-state index in [0.717, 1.165) is 18.4 Å². The van der Waals surface area contributed by atoms with Crippen LogP contribution >= 0.6 is 0 Å². The SMILES string of the molecule is CCCC/C(C#N)=C(/C#N)c1ccccc1. The Bertz CT molecular complexity index is 444. The van der Waals surface area contributed by atoms with Crippen molar-refractivity contribution in [3.05, 3.63) is 41.5 Å². The Labute approximate surface area is 96.4 Å². The van der Waals surface area contributed by atoms with Crippen molar-refractivity contribution < 1.29 is 0 Å². The van der Waals surface area contributed by atoms with Gasteiger partial charge in [0, 0.05) is 5.57 Å². The van der Waals surface area contributed by atoms with Gasteiger partial charge in [0.15, 0.2) is 0 Å². The lowest BCUT2D eigenvalue weighted by Crippen LogP contribution is -1.89. The van der Waals surface area contributed by atoms with Gasteiger partial charge in [0.1, 0.15) is 6.07 Å². The number of rotatable bonds is 4. The normalized spacial score (nSPS) is 11.2. The van der Waals surface area contributed by atoms with Gasteiger partial charge in [0.2, 0.25) is 0 Å². The number of nitrogens with zero attached hydrogens (tertiary/aromatic N) is 2. The number of nitriles is 2. The molecule has 0 amide bonds. The number of hydrogen-bond donors (Lipinski definition) is 0. The first kappa shape index (κ1) is 12.0. The van der Waals surface area contributed by atoms with Crippen molar-refractivity contribution in [1.29, 1.82) is 10.5 Å². The summed E-state index contributed by atoms with van der Waals surface area (Å²) in [4.78, 5) is 0. The lowest BCUT2D eigenvalue weighted by Gasteiger charge is -2.02. The van der Waals surface area contributed by atoms with Gasteiger partial charge < -0.3 is 0 Å². The summed E-state index contributed by atoms with van der Waals surface area (Å²) in [6.45, 7) is 2.07. The highest BCUT2D eigenvalue weighted by atomic mass is 14.3. The molecule has 2 heteroatoms. The third-order valence-electron chi connectivity index (χ3n) is 2.39. The third kappa shape index (κ3) is 2.97. The van der Waals surface area contributed by atoms with Crippen molar-refractivity contribution in [3.8, 4) is 12.1 Å². The fourth-order valence-corrected chi connectivity index (χ4v) is 1.50. The summed E-state index contributed by atoms with van der Waals surface area (Å²) in [6, 6.07) is 13.7. The Morgan fingerprint density at radius 2 is 1.81 bits per heavy atom. The first-order chi connectivity index (χ1) is 7.83. The van der Waals surface area contributed by atoms with Crippen LogP contribution in [0.15, 0.2) is 35.9 Å². The molecule has 0 bridgehead atoms. The minimum atomic E-state index is 0.511. The Balaban J connectivity index is 3.09. The van der Waals surface area contributed by atoms with Crippen LogP contribution in [0.5, 0.6) is 0 Å². The molecule has 0 aliphatic heterocycles. The molecule has 0 aliphatic rings. The number of benzene rings is 1. The van der Waals surface area contributed by atoms with Crippen molar-refractivity contribution in [2.24, 2.45) is 0 Å². The second-order valence-electron chi connectivity index (χ2n) is 3.55. The molecule has 1 aromatic rings. The van der Waals surface area contributed by atoms with Crippen LogP contribution in [-0.2, 0) is 0 Å². The second kappa shape index (κ2) is 6.43. The van der Waals surface area contributed by atoms with Gasteiger partial charge in [0.05, 0.1) is 11.6 Å². The van der Waals surface area contributed by atoms with Gasteiger partial charge in [-0.25, -0.2) is 0 Å². The molecular formula is C14H14N2. The van der Waals surface area contributed by atoms with Crippen molar-refractivity contribution in [3.63, 3.8) is 0 Å². The number of unbranched alkanes of at least 4 members (excludes halogenated alkanes) is 1. The van der Waals surface area contributed by atoms with Gasteiger partial charge in [-0.3, -0.25) is 0 Å². The summed E-state index contributed by atoms with van der Waals surface area (Å²) in [5, 5.41) is 18.2. The average Bonchev–Trinajstić information content (AvgIpc) is 2.35. The van der Waals surface area contributed by atoms with Gasteiger partial charge in [-0.1, -0.05) is 43.7 Å². The molecule has 80 valence electrons. The second-order valence-corrected chi connectivity index (χ2v) is 3.55. The summed E-state index contributed by atoms with van der Waals surface area (Å²) in [5.41, 5.74) is 1.93. The van der Waals surface area contributed by atoms with Crippen LogP contribution in [0.25, 0.3) is 5.57 Å². The Morgan fingerprint density at radius 3 is 2.31 bits per heavy atom. The van der Waals surface area contributed by atoms with Gasteiger partial charge >= 0.3 is 0 Å². The Kier molecular flexibility index (Phi) is 4.83. The number of allylic oxidation sites excluding steroid dienone is 2. The molecule has 0 aromatic heterocycles. The molecular weight excluding hydrogens is 196 g/mol. The molecule has 2 nitrogen and oxygen atoms in total. The van der Waals surface area contributed by atoms with Crippen molar-refractivity contribution in [1.82, 2.24) is 0 Å². The van der Waals surface area contributed by atoms with Gasteiger partial charge in [0.25, 0.3) is 0 Å². The van der Waals surface area contributed by atoms with E-state index in [1.165, 1.54) is 0 Å². The molecule has 1 rings (SSSR count). The predicted octanol–water partition coefficient (Wildman–Crippen LogP) is 3.68. The lowest BCUT2D eigenvalue weighted by molar-refractivity contribution is 0.801. The van der Waals surface area contributed by atoms with Crippen LogP contribution in [0, 0.1) is 22.7 Å². The maximum atomic E-state index is 9.12. The fourth-order valence-electron chi connectivity index (χ4n) is 1.50. The minimum Gasteiger partial charge on any atom is -0.193 e. The highest BCUT2D eigenvalue weighted by Crippen LogP contribution is 2.21. The van der Waals surface area contributed by atoms with Crippen LogP contribution in [0.3, 0.4) is 0 Å². The zero-order valence-electron chi connectivity index (χ0n) is 9.40. The average molecular weight is 210 g/mol. The monoisotopic (exact) mass is 210 g/mol. The predicted molar refractivity (Wildman–Crippen MR) is 64.1 cm³/mol. The first-order valence-corrected chi connectivity index (χ1v) is 5.42. The maximum Gasteiger partial charge on any atom is 0.101 e. The lowest BCUT2D eigenvalue weighted by atomic mass is 9.98. The van der Waals surface area contributed by atoms with Crippen LogP contribution in [0.2, 0.25) is 0 Å². The van der Waals surface area contributed by atoms with Gasteiger partial charge in [-0.15, -0.1) is 0 Å². The number of hydrogen-bond acceptors (Lipinski definition) is 2. The van der Waals surface area contributed by atoms with E-state index in [2.05, 4.69) is 19.1 Å². The van der Waals surface area contributed by atoms with Crippen molar-refractivity contribution >= 4 is 5.57 Å². The van der Waals surface area contributed by atoms with Crippen LogP contribution < -0.4 is 0 Å². The van der Waals surface area contributed by atoms with E-state index < -0.39 is 0 Å². The molecule has 0 saturated heterocycles. The van der Waals surface area contributed by atoms with E-state index in [1.807, 2.05) is 30.3 Å². The zero-order valence-corrected chi connectivity index (χ0v) is 9.40. The molecule has 0 aliphatic carbocycles. The van der Waals surface area contributed by atoms with E-state index in [1.54, 1.807) is 0 Å². The zero-order chi connectivity index (χ0) is 11.8. The Morgan fingerprint density at radius 1 is 1.12 bits per heavy atom. The molecule has 0 radical (unpaired) electrons. The van der Waals surface area contributed by atoms with Crippen LogP contribution in [-0.4, -0.2) is 0 Å². The smallest absolute Gasteiger partial charge is 0.101 e. The van der Waals surface area contributed by atoms with Gasteiger partial charge in [-0.05, 0) is 18.4 Å². The molecule has 1 aromatic carbocycles. The molecule has 0 heterocycles. The molecule has 0 unspecified atom stereocenters. The topological polar surface area (TPSA) is 47.6 Å². The fraction of sp³-hybridized carbons (Fsp3) is 0.286. The van der Waals surface area contributed by atoms with Crippen LogP contribution in [0.1, 0.15) is 31.7 Å².